The zero-order valence-corrected chi connectivity index (χ0v) is 14.2. The van der Waals surface area contributed by atoms with E-state index in [1.54, 1.807) is 0 Å². The molecule has 0 fully saturated rings. The number of halogens is 1. The molecule has 1 aromatic heterocycles. The minimum absolute atomic E-state index is 0. The van der Waals surface area contributed by atoms with E-state index in [1.165, 1.54) is 0 Å². The van der Waals surface area contributed by atoms with Crippen molar-refractivity contribution >= 4 is 29.3 Å². The van der Waals surface area contributed by atoms with Gasteiger partial charge in [0, 0.05) is 24.4 Å². The summed E-state index contributed by atoms with van der Waals surface area (Å²) < 4.78 is 5.87. The molecule has 0 aliphatic heterocycles. The Morgan fingerprint density at radius 2 is 2.00 bits per heavy atom. The van der Waals surface area contributed by atoms with Gasteiger partial charge in [0.05, 0.1) is 6.04 Å². The van der Waals surface area contributed by atoms with Crippen LogP contribution in [0.5, 0.6) is 0 Å². The maximum atomic E-state index is 12.3. The quantitative estimate of drug-likeness (QED) is 0.876. The van der Waals surface area contributed by atoms with E-state index >= 15 is 0 Å². The number of rotatable bonds is 6. The van der Waals surface area contributed by atoms with Crippen LogP contribution in [-0.2, 0) is 4.79 Å². The summed E-state index contributed by atoms with van der Waals surface area (Å²) in [4.78, 5) is 14.2. The summed E-state index contributed by atoms with van der Waals surface area (Å²) in [5, 5.41) is 1.07. The van der Waals surface area contributed by atoms with Crippen LogP contribution in [0.15, 0.2) is 34.7 Å². The molecule has 0 saturated carbocycles. The molecule has 2 unspecified atom stereocenters. The number of para-hydroxylation sites is 1. The van der Waals surface area contributed by atoms with Crippen molar-refractivity contribution in [2.75, 3.05) is 6.54 Å². The van der Waals surface area contributed by atoms with Gasteiger partial charge in [-0.25, -0.2) is 0 Å². The van der Waals surface area contributed by atoms with Crippen LogP contribution in [0, 0.1) is 0 Å². The molecule has 0 radical (unpaired) electrons. The number of fused-ring (bicyclic) bond motifs is 1. The van der Waals surface area contributed by atoms with Crippen LogP contribution >= 0.6 is 12.4 Å². The van der Waals surface area contributed by atoms with Gasteiger partial charge in [-0.15, -0.1) is 12.4 Å². The third kappa shape index (κ3) is 4.24. The lowest BCUT2D eigenvalue weighted by Crippen LogP contribution is -2.34. The van der Waals surface area contributed by atoms with Crippen molar-refractivity contribution in [1.29, 1.82) is 0 Å². The van der Waals surface area contributed by atoms with E-state index in [0.29, 0.717) is 19.4 Å². The predicted molar refractivity (Wildman–Crippen MR) is 92.1 cm³/mol. The van der Waals surface area contributed by atoms with Gasteiger partial charge in [0.15, 0.2) is 0 Å². The molecule has 5 heteroatoms. The van der Waals surface area contributed by atoms with Crippen molar-refractivity contribution in [2.24, 2.45) is 5.73 Å². The van der Waals surface area contributed by atoms with E-state index < -0.39 is 0 Å². The first-order valence-corrected chi connectivity index (χ1v) is 7.56. The first-order chi connectivity index (χ1) is 10.0. The Morgan fingerprint density at radius 1 is 1.32 bits per heavy atom. The molecule has 2 aromatic rings. The van der Waals surface area contributed by atoms with Gasteiger partial charge in [-0.2, -0.15) is 0 Å². The second-order valence-electron chi connectivity index (χ2n) is 5.56. The summed E-state index contributed by atoms with van der Waals surface area (Å²) in [5.41, 5.74) is 6.59. The molecule has 0 saturated heterocycles. The Bertz CT molecular complexity index is 576. The molecule has 0 aliphatic rings. The van der Waals surface area contributed by atoms with E-state index in [2.05, 4.69) is 0 Å². The van der Waals surface area contributed by atoms with Crippen LogP contribution in [-0.4, -0.2) is 23.4 Å². The van der Waals surface area contributed by atoms with Crippen molar-refractivity contribution in [3.05, 3.63) is 36.1 Å². The molecule has 22 heavy (non-hydrogen) atoms. The summed E-state index contributed by atoms with van der Waals surface area (Å²) in [6.45, 7) is 6.58. The lowest BCUT2D eigenvalue weighted by atomic mass is 10.1. The average Bonchev–Trinajstić information content (AvgIpc) is 2.89. The third-order valence-corrected chi connectivity index (χ3v) is 3.80. The minimum Gasteiger partial charge on any atom is -0.459 e. The third-order valence-electron chi connectivity index (χ3n) is 3.80. The fourth-order valence-electron chi connectivity index (χ4n) is 2.52. The Kier molecular flexibility index (Phi) is 6.91. The number of hydrogen-bond acceptors (Lipinski definition) is 3. The lowest BCUT2D eigenvalue weighted by molar-refractivity contribution is -0.133. The highest BCUT2D eigenvalue weighted by Gasteiger charge is 2.22. The Morgan fingerprint density at radius 3 is 2.59 bits per heavy atom. The molecule has 122 valence electrons. The van der Waals surface area contributed by atoms with Crippen molar-refractivity contribution in [3.8, 4) is 0 Å². The van der Waals surface area contributed by atoms with Gasteiger partial charge in [-0.05, 0) is 39.3 Å². The summed E-state index contributed by atoms with van der Waals surface area (Å²) in [5.74, 6) is 0.954. The molecule has 2 rings (SSSR count). The van der Waals surface area contributed by atoms with Crippen molar-refractivity contribution in [1.82, 2.24) is 4.90 Å². The topological polar surface area (TPSA) is 59.5 Å². The fourth-order valence-corrected chi connectivity index (χ4v) is 2.52. The van der Waals surface area contributed by atoms with Crippen molar-refractivity contribution < 1.29 is 9.21 Å². The van der Waals surface area contributed by atoms with Gasteiger partial charge in [0.25, 0.3) is 0 Å². The van der Waals surface area contributed by atoms with Crippen LogP contribution in [0.4, 0.5) is 0 Å². The second-order valence-corrected chi connectivity index (χ2v) is 5.56. The van der Waals surface area contributed by atoms with Crippen LogP contribution in [0.1, 0.15) is 45.4 Å². The normalized spacial score (nSPS) is 13.5. The summed E-state index contributed by atoms with van der Waals surface area (Å²) in [7, 11) is 0. The van der Waals surface area contributed by atoms with Gasteiger partial charge in [-0.3, -0.25) is 4.79 Å². The van der Waals surface area contributed by atoms with Crippen molar-refractivity contribution in [3.63, 3.8) is 0 Å². The molecule has 0 bridgehead atoms. The standard InChI is InChI=1S/C17H24N2O2.ClH/c1-4-19(17(20)10-9-12(2)18)13(3)16-11-14-7-5-6-8-15(14)21-16;/h5-8,11-13H,4,9-10,18H2,1-3H3;1H. The van der Waals surface area contributed by atoms with Gasteiger partial charge < -0.3 is 15.1 Å². The number of furan rings is 1. The molecule has 0 spiro atoms. The van der Waals surface area contributed by atoms with Gasteiger partial charge in [-0.1, -0.05) is 18.2 Å². The lowest BCUT2D eigenvalue weighted by Gasteiger charge is -2.27. The monoisotopic (exact) mass is 324 g/mol. The molecule has 1 amide bonds. The van der Waals surface area contributed by atoms with E-state index in [1.807, 2.05) is 56.0 Å². The number of nitrogens with two attached hydrogens (primary N) is 1. The molecule has 4 nitrogen and oxygen atoms in total. The van der Waals surface area contributed by atoms with E-state index in [4.69, 9.17) is 10.2 Å². The number of amides is 1. The molecule has 1 aromatic carbocycles. The number of nitrogens with zero attached hydrogens (tertiary/aromatic N) is 1. The van der Waals surface area contributed by atoms with Crippen LogP contribution < -0.4 is 5.73 Å². The maximum Gasteiger partial charge on any atom is 0.223 e. The smallest absolute Gasteiger partial charge is 0.223 e. The van der Waals surface area contributed by atoms with Gasteiger partial charge in [0.2, 0.25) is 5.91 Å². The predicted octanol–water partition coefficient (Wildman–Crippen LogP) is 3.89. The maximum absolute atomic E-state index is 12.3. The zero-order valence-electron chi connectivity index (χ0n) is 13.4. The SMILES string of the molecule is CCN(C(=O)CCC(C)N)C(C)c1cc2ccccc2o1.Cl. The highest BCUT2D eigenvalue weighted by molar-refractivity contribution is 5.85. The number of carbonyl (C=O) groups is 1. The first-order valence-electron chi connectivity index (χ1n) is 7.56. The molecule has 2 atom stereocenters. The number of hydrogen-bond donors (Lipinski definition) is 1. The summed E-state index contributed by atoms with van der Waals surface area (Å²) >= 11 is 0. The molecular weight excluding hydrogens is 300 g/mol. The van der Waals surface area contributed by atoms with Crippen LogP contribution in [0.2, 0.25) is 0 Å². The number of carbonyl (C=O) groups excluding carboxylic acids is 1. The zero-order chi connectivity index (χ0) is 15.4. The Balaban J connectivity index is 0.00000242. The second kappa shape index (κ2) is 8.20. The van der Waals surface area contributed by atoms with Crippen LogP contribution in [0.25, 0.3) is 11.0 Å². The van der Waals surface area contributed by atoms with Crippen molar-refractivity contribution in [2.45, 2.75) is 45.7 Å². The Labute approximate surface area is 138 Å². The largest absolute Gasteiger partial charge is 0.459 e. The highest BCUT2D eigenvalue weighted by Crippen LogP contribution is 2.27. The first kappa shape index (κ1) is 18.5. The minimum atomic E-state index is -0.0667. The van der Waals surface area contributed by atoms with E-state index in [-0.39, 0.29) is 30.4 Å². The van der Waals surface area contributed by atoms with E-state index in [9.17, 15) is 4.79 Å². The highest BCUT2D eigenvalue weighted by atomic mass is 35.5. The molecule has 0 aliphatic carbocycles. The molecule has 1 heterocycles. The average molecular weight is 325 g/mol. The Hall–Kier alpha value is -1.52. The summed E-state index contributed by atoms with van der Waals surface area (Å²) in [6.07, 6.45) is 1.19. The van der Waals surface area contributed by atoms with Gasteiger partial charge >= 0.3 is 0 Å². The molecule has 2 N–H and O–H groups in total. The van der Waals surface area contributed by atoms with Gasteiger partial charge in [0.1, 0.15) is 11.3 Å². The van der Waals surface area contributed by atoms with Crippen LogP contribution in [0.3, 0.4) is 0 Å². The van der Waals surface area contributed by atoms with E-state index in [0.717, 1.165) is 16.7 Å². The molecular formula is C17H25ClN2O2. The summed E-state index contributed by atoms with van der Waals surface area (Å²) in [6, 6.07) is 9.89. The number of benzene rings is 1. The fraction of sp³-hybridized carbons (Fsp3) is 0.471.